The lowest BCUT2D eigenvalue weighted by atomic mass is 9.98. The fourth-order valence-corrected chi connectivity index (χ4v) is 4.47. The van der Waals surface area contributed by atoms with Crippen molar-refractivity contribution in [2.45, 2.75) is 13.1 Å². The molecule has 0 saturated heterocycles. The molecule has 2 aromatic heterocycles. The zero-order valence-corrected chi connectivity index (χ0v) is 21.6. The topological polar surface area (TPSA) is 85.9 Å². The maximum atomic E-state index is 13.6. The number of amides is 1. The largest absolute Gasteiger partial charge is 0.416 e. The maximum absolute atomic E-state index is 13.6. The van der Waals surface area contributed by atoms with Crippen LogP contribution in [0, 0.1) is 6.92 Å². The van der Waals surface area contributed by atoms with E-state index in [0.29, 0.717) is 18.8 Å². The van der Waals surface area contributed by atoms with Crippen LogP contribution in [-0.2, 0) is 6.18 Å². The highest BCUT2D eigenvalue weighted by molar-refractivity contribution is 6.07. The molecule has 2 heterocycles. The van der Waals surface area contributed by atoms with Crippen molar-refractivity contribution in [3.8, 4) is 11.1 Å². The van der Waals surface area contributed by atoms with Crippen molar-refractivity contribution in [1.82, 2.24) is 19.9 Å². The number of aromatic amines is 1. The molecule has 7 nitrogen and oxygen atoms in total. The Bertz CT molecular complexity index is 1680. The third-order valence-electron chi connectivity index (χ3n) is 6.49. The average molecular weight is 533 g/mol. The van der Waals surface area contributed by atoms with Gasteiger partial charge in [-0.15, -0.1) is 0 Å². The van der Waals surface area contributed by atoms with Crippen LogP contribution in [0.2, 0.25) is 0 Å². The van der Waals surface area contributed by atoms with Crippen molar-refractivity contribution in [2.24, 2.45) is 0 Å². The fraction of sp³-hybridized carbons (Fsp3) is 0.207. The van der Waals surface area contributed by atoms with E-state index in [4.69, 9.17) is 0 Å². The lowest BCUT2D eigenvalue weighted by molar-refractivity contribution is -0.137. The lowest BCUT2D eigenvalue weighted by Gasteiger charge is -2.16. The molecule has 200 valence electrons. The lowest BCUT2D eigenvalue weighted by Crippen LogP contribution is -2.21. The van der Waals surface area contributed by atoms with Crippen LogP contribution < -0.4 is 10.6 Å². The molecule has 1 amide bonds. The number of likely N-dealkylation sites (N-methyl/N-ethyl adjacent to an activating group) is 1. The van der Waals surface area contributed by atoms with Gasteiger partial charge in [0.05, 0.1) is 5.56 Å². The Kier molecular flexibility index (Phi) is 6.96. The second kappa shape index (κ2) is 10.4. The van der Waals surface area contributed by atoms with E-state index in [-0.39, 0.29) is 11.3 Å². The van der Waals surface area contributed by atoms with Gasteiger partial charge in [-0.05, 0) is 74.1 Å². The summed E-state index contributed by atoms with van der Waals surface area (Å²) in [6.07, 6.45) is -1.33. The minimum Gasteiger partial charge on any atom is -0.384 e. The minimum absolute atomic E-state index is 0.0834. The summed E-state index contributed by atoms with van der Waals surface area (Å²) in [5, 5.41) is 7.66. The van der Waals surface area contributed by atoms with E-state index in [2.05, 4.69) is 25.6 Å². The Morgan fingerprint density at radius 1 is 1.00 bits per heavy atom. The van der Waals surface area contributed by atoms with E-state index in [1.165, 1.54) is 12.4 Å². The van der Waals surface area contributed by atoms with E-state index in [9.17, 15) is 18.0 Å². The number of carbonyl (C=O) groups is 1. The van der Waals surface area contributed by atoms with Crippen LogP contribution in [0.5, 0.6) is 0 Å². The summed E-state index contributed by atoms with van der Waals surface area (Å²) in [6.45, 7) is 3.02. The van der Waals surface area contributed by atoms with E-state index < -0.39 is 17.6 Å². The Balaban J connectivity index is 1.43. The minimum atomic E-state index is -4.59. The number of fused-ring (bicyclic) bond motifs is 3. The predicted octanol–water partition coefficient (Wildman–Crippen LogP) is 6.33. The van der Waals surface area contributed by atoms with Gasteiger partial charge in [-0.3, -0.25) is 4.79 Å². The third kappa shape index (κ3) is 5.70. The summed E-state index contributed by atoms with van der Waals surface area (Å²) >= 11 is 0. The van der Waals surface area contributed by atoms with Crippen LogP contribution >= 0.6 is 0 Å². The van der Waals surface area contributed by atoms with Gasteiger partial charge < -0.3 is 20.5 Å². The molecule has 0 aliphatic rings. The molecule has 5 rings (SSSR count). The number of rotatable bonds is 7. The molecule has 0 bridgehead atoms. The average Bonchev–Trinajstić information content (AvgIpc) is 3.26. The summed E-state index contributed by atoms with van der Waals surface area (Å²) < 4.78 is 40.7. The van der Waals surface area contributed by atoms with Crippen molar-refractivity contribution in [1.29, 1.82) is 0 Å². The standard InChI is InChI=1S/C29H27F3N6O/c1-17-4-6-21(14-24(17)18-5-7-23-25-15-33-16-35-27(25)37-26(23)12-18)36-28(39)19-10-20(29(30,31)32)13-22(11-19)34-8-9-38(2)3/h4-7,10-16,34H,8-9H2,1-3H3,(H,36,39)(H,33,35,37). The highest BCUT2D eigenvalue weighted by Gasteiger charge is 2.32. The van der Waals surface area contributed by atoms with Gasteiger partial charge in [-0.25, -0.2) is 9.97 Å². The number of benzene rings is 3. The Hall–Kier alpha value is -4.44. The van der Waals surface area contributed by atoms with Gasteiger partial charge in [0.2, 0.25) is 0 Å². The summed E-state index contributed by atoms with van der Waals surface area (Å²) in [5.41, 5.74) is 4.16. The fourth-order valence-electron chi connectivity index (χ4n) is 4.47. The van der Waals surface area contributed by atoms with Crippen molar-refractivity contribution < 1.29 is 18.0 Å². The van der Waals surface area contributed by atoms with Gasteiger partial charge >= 0.3 is 6.18 Å². The summed E-state index contributed by atoms with van der Waals surface area (Å²) in [6, 6.07) is 14.7. The third-order valence-corrected chi connectivity index (χ3v) is 6.49. The molecule has 5 aromatic rings. The number of halogens is 3. The van der Waals surface area contributed by atoms with Crippen molar-refractivity contribution >= 4 is 39.2 Å². The molecule has 0 aliphatic carbocycles. The van der Waals surface area contributed by atoms with Gasteiger partial charge in [0.25, 0.3) is 5.91 Å². The number of aromatic nitrogens is 3. The van der Waals surface area contributed by atoms with Crippen molar-refractivity contribution in [3.05, 3.63) is 83.8 Å². The van der Waals surface area contributed by atoms with E-state index in [1.54, 1.807) is 12.3 Å². The van der Waals surface area contributed by atoms with E-state index in [0.717, 1.165) is 50.8 Å². The predicted molar refractivity (Wildman–Crippen MR) is 148 cm³/mol. The van der Waals surface area contributed by atoms with Gasteiger partial charge in [0.1, 0.15) is 12.0 Å². The van der Waals surface area contributed by atoms with Crippen LogP contribution in [0.25, 0.3) is 33.1 Å². The number of alkyl halides is 3. The number of nitrogens with one attached hydrogen (secondary N) is 3. The molecule has 3 aromatic carbocycles. The van der Waals surface area contributed by atoms with Gasteiger partial charge in [0.15, 0.2) is 0 Å². The molecule has 0 fully saturated rings. The number of hydrogen-bond acceptors (Lipinski definition) is 5. The van der Waals surface area contributed by atoms with Crippen molar-refractivity contribution in [3.63, 3.8) is 0 Å². The summed E-state index contributed by atoms with van der Waals surface area (Å²) in [5.74, 6) is -0.629. The number of aryl methyl sites for hydroxylation is 1. The first-order chi connectivity index (χ1) is 18.6. The molecular formula is C29H27F3N6O. The first-order valence-electron chi connectivity index (χ1n) is 12.3. The zero-order valence-electron chi connectivity index (χ0n) is 21.6. The smallest absolute Gasteiger partial charge is 0.384 e. The normalized spacial score (nSPS) is 11.9. The molecule has 0 saturated carbocycles. The summed E-state index contributed by atoms with van der Waals surface area (Å²) in [4.78, 5) is 26.7. The van der Waals surface area contributed by atoms with Crippen LogP contribution in [0.4, 0.5) is 24.5 Å². The van der Waals surface area contributed by atoms with Gasteiger partial charge in [-0.1, -0.05) is 18.2 Å². The molecule has 0 radical (unpaired) electrons. The van der Waals surface area contributed by atoms with E-state index >= 15 is 0 Å². The Morgan fingerprint density at radius 2 is 1.82 bits per heavy atom. The second-order valence-corrected chi connectivity index (χ2v) is 9.68. The van der Waals surface area contributed by atoms with Gasteiger partial charge in [0, 0.05) is 52.5 Å². The van der Waals surface area contributed by atoms with E-state index in [1.807, 2.05) is 56.3 Å². The number of H-pyrrole nitrogens is 1. The van der Waals surface area contributed by atoms with Gasteiger partial charge in [-0.2, -0.15) is 13.2 Å². The molecule has 0 spiro atoms. The molecule has 0 atom stereocenters. The monoisotopic (exact) mass is 532 g/mol. The molecular weight excluding hydrogens is 505 g/mol. The first kappa shape index (κ1) is 26.2. The zero-order chi connectivity index (χ0) is 27.7. The second-order valence-electron chi connectivity index (χ2n) is 9.68. The van der Waals surface area contributed by atoms with Crippen LogP contribution in [0.15, 0.2) is 67.1 Å². The van der Waals surface area contributed by atoms with Crippen LogP contribution in [0.3, 0.4) is 0 Å². The Labute approximate surface area is 223 Å². The Morgan fingerprint density at radius 3 is 2.59 bits per heavy atom. The number of hydrogen-bond donors (Lipinski definition) is 3. The molecule has 10 heteroatoms. The quantitative estimate of drug-likeness (QED) is 0.228. The molecule has 0 unspecified atom stereocenters. The number of nitrogens with zero attached hydrogens (tertiary/aromatic N) is 3. The maximum Gasteiger partial charge on any atom is 0.416 e. The first-order valence-corrected chi connectivity index (χ1v) is 12.3. The number of anilines is 2. The van der Waals surface area contributed by atoms with Crippen molar-refractivity contribution in [2.75, 3.05) is 37.8 Å². The molecule has 3 N–H and O–H groups in total. The molecule has 0 aliphatic heterocycles. The molecule has 39 heavy (non-hydrogen) atoms. The van der Waals surface area contributed by atoms with Crippen LogP contribution in [0.1, 0.15) is 21.5 Å². The SMILES string of the molecule is Cc1ccc(NC(=O)c2cc(NCCN(C)C)cc(C(F)(F)F)c2)cc1-c1ccc2c(c1)[nH]c1ncncc12. The highest BCUT2D eigenvalue weighted by Crippen LogP contribution is 2.34. The number of carbonyl (C=O) groups excluding carboxylic acids is 1. The van der Waals surface area contributed by atoms with Crippen LogP contribution in [-0.4, -0.2) is 52.9 Å². The highest BCUT2D eigenvalue weighted by atomic mass is 19.4. The summed E-state index contributed by atoms with van der Waals surface area (Å²) in [7, 11) is 3.74.